The van der Waals surface area contributed by atoms with Crippen LogP contribution in [0.15, 0.2) is 41.1 Å². The van der Waals surface area contributed by atoms with Crippen molar-refractivity contribution < 1.29 is 18.7 Å². The summed E-state index contributed by atoms with van der Waals surface area (Å²) in [4.78, 5) is 15.3. The molecule has 0 radical (unpaired) electrons. The van der Waals surface area contributed by atoms with E-state index in [1.165, 1.54) is 17.0 Å². The van der Waals surface area contributed by atoms with Crippen molar-refractivity contribution in [1.82, 2.24) is 9.55 Å². The summed E-state index contributed by atoms with van der Waals surface area (Å²) in [7, 11) is 0. The third kappa shape index (κ3) is 2.19. The van der Waals surface area contributed by atoms with E-state index in [-0.39, 0.29) is 21.2 Å². The summed E-state index contributed by atoms with van der Waals surface area (Å²) >= 11 is 2.90. The average Bonchev–Trinajstić information content (AvgIpc) is 2.86. The number of carbonyl (C=O) groups is 1. The Labute approximate surface area is 125 Å². The van der Waals surface area contributed by atoms with Crippen LogP contribution in [-0.4, -0.2) is 20.6 Å². The van der Waals surface area contributed by atoms with Crippen LogP contribution in [0.2, 0.25) is 0 Å². The van der Waals surface area contributed by atoms with E-state index in [9.17, 15) is 18.7 Å². The number of aromatic nitrogens is 2. The molecule has 0 aliphatic carbocycles. The first-order valence-electron chi connectivity index (χ1n) is 5.83. The van der Waals surface area contributed by atoms with E-state index in [0.717, 1.165) is 12.1 Å². The van der Waals surface area contributed by atoms with Crippen molar-refractivity contribution in [3.8, 4) is 5.69 Å². The molecule has 0 fully saturated rings. The highest BCUT2D eigenvalue weighted by molar-refractivity contribution is 9.10. The lowest BCUT2D eigenvalue weighted by molar-refractivity contribution is 0.0698. The molecule has 0 amide bonds. The second kappa shape index (κ2) is 4.92. The Balaban J connectivity index is 2.36. The smallest absolute Gasteiger partial charge is 0.337 e. The van der Waals surface area contributed by atoms with Crippen LogP contribution in [0.3, 0.4) is 0 Å². The van der Waals surface area contributed by atoms with Crippen molar-refractivity contribution >= 4 is 32.9 Å². The van der Waals surface area contributed by atoms with Gasteiger partial charge in [-0.15, -0.1) is 0 Å². The highest BCUT2D eigenvalue weighted by atomic mass is 79.9. The Kier molecular flexibility index (Phi) is 3.21. The van der Waals surface area contributed by atoms with E-state index >= 15 is 0 Å². The number of rotatable bonds is 2. The highest BCUT2D eigenvalue weighted by Crippen LogP contribution is 2.27. The van der Waals surface area contributed by atoms with Gasteiger partial charge in [-0.25, -0.2) is 18.6 Å². The number of carboxylic acids is 1. The number of halogens is 3. The molecule has 4 nitrogen and oxygen atoms in total. The van der Waals surface area contributed by atoms with Crippen LogP contribution >= 0.6 is 15.9 Å². The van der Waals surface area contributed by atoms with Crippen LogP contribution < -0.4 is 0 Å². The molecule has 7 heteroatoms. The molecule has 1 aromatic heterocycles. The van der Waals surface area contributed by atoms with Crippen LogP contribution in [-0.2, 0) is 0 Å². The van der Waals surface area contributed by atoms with Gasteiger partial charge in [0.1, 0.15) is 18.0 Å². The van der Waals surface area contributed by atoms with Gasteiger partial charge < -0.3 is 5.11 Å². The van der Waals surface area contributed by atoms with Gasteiger partial charge in [-0.05, 0) is 34.1 Å². The van der Waals surface area contributed by atoms with E-state index in [4.69, 9.17) is 0 Å². The normalized spacial score (nSPS) is 11.0. The maximum absolute atomic E-state index is 14.1. The molecule has 1 heterocycles. The lowest BCUT2D eigenvalue weighted by Crippen LogP contribution is -2.03. The summed E-state index contributed by atoms with van der Waals surface area (Å²) in [6.07, 6.45) is 1.27. The number of carboxylic acid groups (broad SMARTS) is 1. The molecule has 0 aliphatic heterocycles. The van der Waals surface area contributed by atoms with Crippen LogP contribution in [0, 0.1) is 11.6 Å². The summed E-state index contributed by atoms with van der Waals surface area (Å²) in [6, 6.07) is 6.50. The number of hydrogen-bond donors (Lipinski definition) is 1. The molecule has 1 N–H and O–H groups in total. The van der Waals surface area contributed by atoms with Gasteiger partial charge >= 0.3 is 5.97 Å². The summed E-state index contributed by atoms with van der Waals surface area (Å²) in [5, 5.41) is 9.22. The van der Waals surface area contributed by atoms with Crippen LogP contribution in [0.1, 0.15) is 10.4 Å². The Morgan fingerprint density at radius 2 is 2.00 bits per heavy atom. The van der Waals surface area contributed by atoms with E-state index in [2.05, 4.69) is 20.9 Å². The SMILES string of the molecule is O=C(O)c1cccc2ncn(-c3cc(F)c(Br)cc3F)c12. The third-order valence-electron chi connectivity index (χ3n) is 3.05. The minimum absolute atomic E-state index is 0.00775. The van der Waals surface area contributed by atoms with Gasteiger partial charge in [0, 0.05) is 6.07 Å². The Hall–Kier alpha value is -2.28. The molecule has 0 spiro atoms. The van der Waals surface area contributed by atoms with Crippen molar-refractivity contribution in [2.45, 2.75) is 0 Å². The first-order chi connectivity index (χ1) is 9.99. The molecule has 0 bridgehead atoms. The Morgan fingerprint density at radius 3 is 2.71 bits per heavy atom. The molecule has 0 saturated carbocycles. The van der Waals surface area contributed by atoms with Gasteiger partial charge in [-0.2, -0.15) is 0 Å². The number of aromatic carboxylic acids is 1. The molecule has 2 aromatic carbocycles. The number of hydrogen-bond acceptors (Lipinski definition) is 2. The second-order valence-electron chi connectivity index (χ2n) is 4.31. The lowest BCUT2D eigenvalue weighted by Gasteiger charge is -2.08. The molecule has 3 rings (SSSR count). The van der Waals surface area contributed by atoms with Crippen LogP contribution in [0.5, 0.6) is 0 Å². The predicted octanol–water partition coefficient (Wildman–Crippen LogP) is 3.76. The van der Waals surface area contributed by atoms with Gasteiger partial charge in [0.15, 0.2) is 0 Å². The zero-order valence-corrected chi connectivity index (χ0v) is 11.9. The van der Waals surface area contributed by atoms with Gasteiger partial charge in [0.05, 0.1) is 26.8 Å². The lowest BCUT2D eigenvalue weighted by atomic mass is 10.1. The Bertz CT molecular complexity index is 877. The highest BCUT2D eigenvalue weighted by Gasteiger charge is 2.17. The van der Waals surface area contributed by atoms with Crippen molar-refractivity contribution in [2.24, 2.45) is 0 Å². The van der Waals surface area contributed by atoms with E-state index in [1.54, 1.807) is 12.1 Å². The number of nitrogens with zero attached hydrogens (tertiary/aromatic N) is 2. The van der Waals surface area contributed by atoms with E-state index in [1.807, 2.05) is 0 Å². The fourth-order valence-electron chi connectivity index (χ4n) is 2.12. The monoisotopic (exact) mass is 352 g/mol. The maximum atomic E-state index is 14.1. The molecule has 0 unspecified atom stereocenters. The number of fused-ring (bicyclic) bond motifs is 1. The topological polar surface area (TPSA) is 55.1 Å². The average molecular weight is 353 g/mol. The van der Waals surface area contributed by atoms with Gasteiger partial charge in [0.2, 0.25) is 0 Å². The largest absolute Gasteiger partial charge is 0.478 e. The summed E-state index contributed by atoms with van der Waals surface area (Å²) in [6.45, 7) is 0. The molecular formula is C14H7BrF2N2O2. The van der Waals surface area contributed by atoms with Crippen molar-refractivity contribution in [3.63, 3.8) is 0 Å². The second-order valence-corrected chi connectivity index (χ2v) is 5.17. The molecule has 3 aromatic rings. The number of benzene rings is 2. The number of para-hydroxylation sites is 1. The van der Waals surface area contributed by atoms with Crippen molar-refractivity contribution in [1.29, 1.82) is 0 Å². The van der Waals surface area contributed by atoms with Gasteiger partial charge in [-0.3, -0.25) is 4.57 Å². The molecule has 21 heavy (non-hydrogen) atoms. The van der Waals surface area contributed by atoms with E-state index < -0.39 is 17.6 Å². The minimum Gasteiger partial charge on any atom is -0.478 e. The Morgan fingerprint density at radius 1 is 1.24 bits per heavy atom. The first kappa shape index (κ1) is 13.7. The molecular weight excluding hydrogens is 346 g/mol. The molecule has 0 aliphatic rings. The van der Waals surface area contributed by atoms with Gasteiger partial charge in [0.25, 0.3) is 0 Å². The molecule has 106 valence electrons. The zero-order chi connectivity index (χ0) is 15.1. The standard InChI is InChI=1S/C14H7BrF2N2O2/c15-8-4-10(17)12(5-9(8)16)19-6-18-11-3-1-2-7(13(11)19)14(20)21/h1-6H,(H,20,21). The van der Waals surface area contributed by atoms with Crippen LogP contribution in [0.25, 0.3) is 16.7 Å². The quantitative estimate of drug-likeness (QED) is 0.714. The molecule has 0 atom stereocenters. The summed E-state index contributed by atoms with van der Waals surface area (Å²) in [5.41, 5.74) is 0.461. The van der Waals surface area contributed by atoms with Crippen molar-refractivity contribution in [3.05, 3.63) is 58.3 Å². The fourth-order valence-corrected chi connectivity index (χ4v) is 2.43. The third-order valence-corrected chi connectivity index (χ3v) is 3.66. The predicted molar refractivity (Wildman–Crippen MR) is 75.6 cm³/mol. The zero-order valence-electron chi connectivity index (χ0n) is 10.3. The van der Waals surface area contributed by atoms with E-state index in [0.29, 0.717) is 5.52 Å². The van der Waals surface area contributed by atoms with Crippen molar-refractivity contribution in [2.75, 3.05) is 0 Å². The molecule has 0 saturated heterocycles. The van der Waals surface area contributed by atoms with Gasteiger partial charge in [-0.1, -0.05) is 6.07 Å². The first-order valence-corrected chi connectivity index (χ1v) is 6.62. The summed E-state index contributed by atoms with van der Waals surface area (Å²) in [5.74, 6) is -2.51. The maximum Gasteiger partial charge on any atom is 0.337 e. The fraction of sp³-hybridized carbons (Fsp3) is 0. The van der Waals surface area contributed by atoms with Crippen LogP contribution in [0.4, 0.5) is 8.78 Å². The minimum atomic E-state index is -1.17. The summed E-state index contributed by atoms with van der Waals surface area (Å²) < 4.78 is 28.9. The number of imidazole rings is 1.